The van der Waals surface area contributed by atoms with Crippen LogP contribution in [0.25, 0.3) is 0 Å². The topological polar surface area (TPSA) is 43.1 Å². The molecule has 0 spiro atoms. The lowest BCUT2D eigenvalue weighted by molar-refractivity contribution is -0.112. The van der Waals surface area contributed by atoms with Crippen molar-refractivity contribution in [1.82, 2.24) is 0 Å². The van der Waals surface area contributed by atoms with Crippen LogP contribution in [-0.2, 0) is 4.79 Å². The summed E-state index contributed by atoms with van der Waals surface area (Å²) in [6.07, 6.45) is 2.63. The number of carbonyl (C=O) groups excluding carboxylic acids is 1. The predicted octanol–water partition coefficient (Wildman–Crippen LogP) is 1.68. The maximum absolute atomic E-state index is 10.3. The third-order valence-electron chi connectivity index (χ3n) is 0.924. The highest BCUT2D eigenvalue weighted by Gasteiger charge is 2.07. The number of rotatable bonds is 4. The quantitative estimate of drug-likeness (QED) is 0.761. The monoisotopic (exact) mass is 239 g/mol. The first-order valence-electron chi connectivity index (χ1n) is 2.62. The van der Waals surface area contributed by atoms with Crippen LogP contribution in [0.3, 0.4) is 0 Å². The zero-order valence-corrected chi connectivity index (χ0v) is 9.29. The molecule has 0 aromatic rings. The van der Waals surface area contributed by atoms with Crippen LogP contribution in [0.2, 0.25) is 0 Å². The Morgan fingerprint density at radius 3 is 2.36 bits per heavy atom. The minimum atomic E-state index is -0.473. The van der Waals surface area contributed by atoms with Gasteiger partial charge in [0.1, 0.15) is 0 Å². The molecular formula is C5H12Cl3NOS. The molecule has 0 rings (SSSR count). The second-order valence-electron chi connectivity index (χ2n) is 1.69. The van der Waals surface area contributed by atoms with Crippen LogP contribution in [0.4, 0.5) is 0 Å². The average Bonchev–Trinajstić information content (AvgIpc) is 1.82. The van der Waals surface area contributed by atoms with Gasteiger partial charge in [-0.15, -0.1) is 24.8 Å². The van der Waals surface area contributed by atoms with Crippen LogP contribution in [0.15, 0.2) is 0 Å². The van der Waals surface area contributed by atoms with Crippen molar-refractivity contribution in [3.8, 4) is 0 Å². The van der Waals surface area contributed by atoms with Crippen molar-refractivity contribution < 1.29 is 4.79 Å². The Bertz CT molecular complexity index is 104. The smallest absolute Gasteiger partial charge is 0.238 e. The van der Waals surface area contributed by atoms with E-state index in [4.69, 9.17) is 17.3 Å². The molecule has 0 aromatic carbocycles. The Hall–Kier alpha value is 0.850. The Balaban J connectivity index is -0.000000320. The summed E-state index contributed by atoms with van der Waals surface area (Å²) in [7, 11) is 0. The number of thioether (sulfide) groups is 1. The van der Waals surface area contributed by atoms with Gasteiger partial charge in [-0.3, -0.25) is 4.79 Å². The summed E-state index contributed by atoms with van der Waals surface area (Å²) < 4.78 is 0. The first kappa shape index (κ1) is 17.8. The van der Waals surface area contributed by atoms with Gasteiger partial charge in [-0.2, -0.15) is 11.8 Å². The summed E-state index contributed by atoms with van der Waals surface area (Å²) in [5.74, 6) is 0.889. The minimum Gasteiger partial charge on any atom is -0.320 e. The van der Waals surface area contributed by atoms with E-state index in [1.54, 1.807) is 11.8 Å². The van der Waals surface area contributed by atoms with Crippen molar-refractivity contribution in [3.05, 3.63) is 0 Å². The van der Waals surface area contributed by atoms with Crippen LogP contribution in [0.5, 0.6) is 0 Å². The van der Waals surface area contributed by atoms with Gasteiger partial charge in [0.25, 0.3) is 0 Å². The molecular weight excluding hydrogens is 228 g/mol. The van der Waals surface area contributed by atoms with Crippen LogP contribution in [-0.4, -0.2) is 23.3 Å². The lowest BCUT2D eigenvalue weighted by Gasteiger charge is -2.02. The Kier molecular flexibility index (Phi) is 17.6. The molecule has 0 bridgehead atoms. The van der Waals surface area contributed by atoms with Gasteiger partial charge >= 0.3 is 0 Å². The van der Waals surface area contributed by atoms with E-state index in [-0.39, 0.29) is 24.8 Å². The Morgan fingerprint density at radius 1 is 1.64 bits per heavy atom. The standard InChI is InChI=1S/C5H10ClNOS.2ClH/c1-9-3-2-4(7)5(6)8;;/h4H,2-3,7H2,1H3;2*1H/t4-;;/m0../s1. The summed E-state index contributed by atoms with van der Waals surface area (Å²) >= 11 is 6.75. The highest BCUT2D eigenvalue weighted by molar-refractivity contribution is 7.98. The molecule has 0 aliphatic carbocycles. The van der Waals surface area contributed by atoms with Crippen LogP contribution in [0.1, 0.15) is 6.42 Å². The third-order valence-corrected chi connectivity index (χ3v) is 1.85. The molecule has 0 saturated carbocycles. The lowest BCUT2D eigenvalue weighted by Crippen LogP contribution is -2.27. The van der Waals surface area contributed by atoms with E-state index in [1.165, 1.54) is 0 Å². The Morgan fingerprint density at radius 2 is 2.09 bits per heavy atom. The van der Waals surface area contributed by atoms with Crippen molar-refractivity contribution in [3.63, 3.8) is 0 Å². The molecule has 0 unspecified atom stereocenters. The molecule has 70 valence electrons. The first-order valence-corrected chi connectivity index (χ1v) is 4.39. The number of hydrogen-bond acceptors (Lipinski definition) is 3. The van der Waals surface area contributed by atoms with Gasteiger partial charge in [-0.25, -0.2) is 0 Å². The molecule has 0 fully saturated rings. The number of hydrogen-bond donors (Lipinski definition) is 1. The van der Waals surface area contributed by atoms with Crippen LogP contribution < -0.4 is 5.73 Å². The highest BCUT2D eigenvalue weighted by atomic mass is 35.5. The molecule has 6 heteroatoms. The second kappa shape index (κ2) is 10.8. The molecule has 0 saturated heterocycles. The maximum Gasteiger partial charge on any atom is 0.238 e. The lowest BCUT2D eigenvalue weighted by atomic mass is 10.3. The number of carbonyl (C=O) groups is 1. The van der Waals surface area contributed by atoms with Crippen molar-refractivity contribution in [2.45, 2.75) is 12.5 Å². The Labute approximate surface area is 88.4 Å². The van der Waals surface area contributed by atoms with Gasteiger partial charge in [0, 0.05) is 0 Å². The average molecular weight is 241 g/mol. The van der Waals surface area contributed by atoms with E-state index in [0.29, 0.717) is 6.42 Å². The zero-order chi connectivity index (χ0) is 7.28. The number of nitrogens with two attached hydrogens (primary N) is 1. The zero-order valence-electron chi connectivity index (χ0n) is 6.08. The molecule has 2 N–H and O–H groups in total. The molecule has 0 aliphatic heterocycles. The van der Waals surface area contributed by atoms with Crippen molar-refractivity contribution in [2.75, 3.05) is 12.0 Å². The van der Waals surface area contributed by atoms with E-state index in [0.717, 1.165) is 5.75 Å². The molecule has 1 atom stereocenters. The molecule has 2 nitrogen and oxygen atoms in total. The summed E-state index contributed by atoms with van der Waals surface area (Å²) in [5, 5.41) is -0.441. The fourth-order valence-corrected chi connectivity index (χ4v) is 0.957. The fourth-order valence-electron chi connectivity index (χ4n) is 0.358. The predicted molar refractivity (Wildman–Crippen MR) is 56.3 cm³/mol. The maximum atomic E-state index is 10.3. The van der Waals surface area contributed by atoms with Crippen LogP contribution in [0, 0.1) is 0 Å². The highest BCUT2D eigenvalue weighted by Crippen LogP contribution is 2.00. The molecule has 0 radical (unpaired) electrons. The molecule has 0 aromatic heterocycles. The van der Waals surface area contributed by atoms with Gasteiger partial charge in [-0.1, -0.05) is 0 Å². The molecule has 0 heterocycles. The van der Waals surface area contributed by atoms with E-state index in [9.17, 15) is 4.79 Å². The fraction of sp³-hybridized carbons (Fsp3) is 0.800. The van der Waals surface area contributed by atoms with Gasteiger partial charge < -0.3 is 5.73 Å². The molecule has 0 aliphatic rings. The van der Waals surface area contributed by atoms with Crippen molar-refractivity contribution >= 4 is 53.4 Å². The van der Waals surface area contributed by atoms with E-state index < -0.39 is 11.3 Å². The summed E-state index contributed by atoms with van der Waals surface area (Å²) in [4.78, 5) is 10.3. The van der Waals surface area contributed by atoms with E-state index in [1.807, 2.05) is 6.26 Å². The van der Waals surface area contributed by atoms with Crippen molar-refractivity contribution in [2.24, 2.45) is 5.73 Å². The summed E-state index contributed by atoms with van der Waals surface area (Å²) in [6.45, 7) is 0. The third kappa shape index (κ3) is 10.8. The van der Waals surface area contributed by atoms with Gasteiger partial charge in [0.05, 0.1) is 6.04 Å². The van der Waals surface area contributed by atoms with E-state index >= 15 is 0 Å². The number of halogens is 3. The summed E-state index contributed by atoms with van der Waals surface area (Å²) in [5.41, 5.74) is 5.31. The molecule has 0 amide bonds. The van der Waals surface area contributed by atoms with E-state index in [2.05, 4.69) is 0 Å². The van der Waals surface area contributed by atoms with Crippen molar-refractivity contribution in [1.29, 1.82) is 0 Å². The minimum absolute atomic E-state index is 0. The SMILES string of the molecule is CSCC[C@H](N)C(=O)Cl.Cl.Cl. The normalized spacial score (nSPS) is 10.8. The molecule has 11 heavy (non-hydrogen) atoms. The van der Waals surface area contributed by atoms with Crippen LogP contribution >= 0.6 is 48.2 Å². The largest absolute Gasteiger partial charge is 0.320 e. The summed E-state index contributed by atoms with van der Waals surface area (Å²) in [6, 6.07) is -0.473. The second-order valence-corrected chi connectivity index (χ2v) is 3.05. The van der Waals surface area contributed by atoms with Gasteiger partial charge in [-0.05, 0) is 30.0 Å². The van der Waals surface area contributed by atoms with Gasteiger partial charge in [0.15, 0.2) is 0 Å². The van der Waals surface area contributed by atoms with Gasteiger partial charge in [0.2, 0.25) is 5.24 Å². The first-order chi connectivity index (χ1) is 4.18.